The number of hydrogen-bond donors (Lipinski definition) is 1. The third-order valence-corrected chi connectivity index (χ3v) is 5.55. The van der Waals surface area contributed by atoms with Crippen LogP contribution < -0.4 is 5.32 Å². The molecule has 1 heterocycles. The maximum Gasteiger partial charge on any atom is 0.236 e. The first-order valence-electron chi connectivity index (χ1n) is 7.67. The molecule has 0 bridgehead atoms. The Bertz CT molecular complexity index is 801. The van der Waals surface area contributed by atoms with E-state index in [0.717, 1.165) is 21.9 Å². The molecule has 0 spiro atoms. The standard InChI is InChI=1S/C19H18N2OS2/c1-14-18(16-10-6-3-7-11-16)24-19(20-14)21-17(22)13-23-12-15-8-4-2-5-9-15/h2-11H,12-13H2,1H3,(H,20,21,22). The zero-order valence-electron chi connectivity index (χ0n) is 13.4. The number of carbonyl (C=O) groups excluding carboxylic acids is 1. The van der Waals surface area contributed by atoms with Gasteiger partial charge in [0.25, 0.3) is 0 Å². The molecule has 122 valence electrons. The van der Waals surface area contributed by atoms with Crippen molar-refractivity contribution in [3.63, 3.8) is 0 Å². The van der Waals surface area contributed by atoms with Crippen LogP contribution in [0.5, 0.6) is 0 Å². The fourth-order valence-electron chi connectivity index (χ4n) is 2.30. The van der Waals surface area contributed by atoms with Gasteiger partial charge in [-0.05, 0) is 18.1 Å². The summed E-state index contributed by atoms with van der Waals surface area (Å²) >= 11 is 3.12. The van der Waals surface area contributed by atoms with E-state index in [2.05, 4.69) is 34.6 Å². The molecule has 5 heteroatoms. The molecule has 2 aromatic carbocycles. The van der Waals surface area contributed by atoms with E-state index in [1.807, 2.05) is 43.3 Å². The number of anilines is 1. The lowest BCUT2D eigenvalue weighted by molar-refractivity contribution is -0.113. The van der Waals surface area contributed by atoms with Gasteiger partial charge >= 0.3 is 0 Å². The quantitative estimate of drug-likeness (QED) is 0.678. The number of thiazole rings is 1. The summed E-state index contributed by atoms with van der Waals surface area (Å²) in [7, 11) is 0. The van der Waals surface area contributed by atoms with Crippen LogP contribution in [0.1, 0.15) is 11.3 Å². The molecule has 3 nitrogen and oxygen atoms in total. The number of thioether (sulfide) groups is 1. The van der Waals surface area contributed by atoms with E-state index in [9.17, 15) is 4.79 Å². The molecule has 3 aromatic rings. The maximum absolute atomic E-state index is 12.1. The largest absolute Gasteiger partial charge is 0.301 e. The van der Waals surface area contributed by atoms with Crippen LogP contribution >= 0.6 is 23.1 Å². The lowest BCUT2D eigenvalue weighted by atomic mass is 10.2. The van der Waals surface area contributed by atoms with Crippen molar-refractivity contribution >= 4 is 34.1 Å². The van der Waals surface area contributed by atoms with E-state index in [0.29, 0.717) is 10.9 Å². The van der Waals surface area contributed by atoms with Crippen LogP contribution in [0.25, 0.3) is 10.4 Å². The van der Waals surface area contributed by atoms with Crippen molar-refractivity contribution in [3.05, 3.63) is 71.9 Å². The van der Waals surface area contributed by atoms with Crippen LogP contribution in [0.2, 0.25) is 0 Å². The molecule has 0 aliphatic rings. The molecule has 1 N–H and O–H groups in total. The van der Waals surface area contributed by atoms with Gasteiger partial charge in [-0.15, -0.1) is 11.8 Å². The highest BCUT2D eigenvalue weighted by atomic mass is 32.2. The Balaban J connectivity index is 1.55. The number of aromatic nitrogens is 1. The molecule has 0 radical (unpaired) electrons. The predicted molar refractivity (Wildman–Crippen MR) is 104 cm³/mol. The first kappa shape index (κ1) is 16.7. The minimum absolute atomic E-state index is 0.00991. The van der Waals surface area contributed by atoms with E-state index in [1.165, 1.54) is 16.9 Å². The Kier molecular flexibility index (Phi) is 5.67. The van der Waals surface area contributed by atoms with Gasteiger partial charge < -0.3 is 5.32 Å². The minimum Gasteiger partial charge on any atom is -0.301 e. The summed E-state index contributed by atoms with van der Waals surface area (Å²) in [6, 6.07) is 20.3. The zero-order chi connectivity index (χ0) is 16.8. The number of benzene rings is 2. The summed E-state index contributed by atoms with van der Waals surface area (Å²) in [5, 5.41) is 3.57. The smallest absolute Gasteiger partial charge is 0.236 e. The van der Waals surface area contributed by atoms with Crippen molar-refractivity contribution in [1.82, 2.24) is 4.98 Å². The van der Waals surface area contributed by atoms with E-state index < -0.39 is 0 Å². The highest BCUT2D eigenvalue weighted by Crippen LogP contribution is 2.32. The summed E-state index contributed by atoms with van der Waals surface area (Å²) in [4.78, 5) is 17.7. The number of amides is 1. The Morgan fingerprint density at radius 2 is 1.75 bits per heavy atom. The monoisotopic (exact) mass is 354 g/mol. The van der Waals surface area contributed by atoms with Crippen molar-refractivity contribution < 1.29 is 4.79 Å². The molecule has 0 saturated heterocycles. The van der Waals surface area contributed by atoms with Gasteiger partial charge in [-0.1, -0.05) is 72.0 Å². The van der Waals surface area contributed by atoms with Crippen LogP contribution in [-0.2, 0) is 10.5 Å². The second kappa shape index (κ2) is 8.13. The minimum atomic E-state index is -0.00991. The molecule has 1 amide bonds. The van der Waals surface area contributed by atoms with E-state index in [1.54, 1.807) is 11.8 Å². The summed E-state index contributed by atoms with van der Waals surface area (Å²) in [5.41, 5.74) is 3.30. The van der Waals surface area contributed by atoms with Crippen molar-refractivity contribution in [3.8, 4) is 10.4 Å². The third-order valence-electron chi connectivity index (χ3n) is 3.42. The Morgan fingerprint density at radius 1 is 1.08 bits per heavy atom. The summed E-state index contributed by atoms with van der Waals surface area (Å²) in [6.45, 7) is 1.97. The van der Waals surface area contributed by atoms with Crippen LogP contribution in [0.15, 0.2) is 60.7 Å². The number of nitrogens with zero attached hydrogens (tertiary/aromatic N) is 1. The van der Waals surface area contributed by atoms with Gasteiger partial charge in [0, 0.05) is 5.75 Å². The Morgan fingerprint density at radius 3 is 2.46 bits per heavy atom. The molecule has 0 atom stereocenters. The van der Waals surface area contributed by atoms with Gasteiger partial charge in [0.05, 0.1) is 16.3 Å². The van der Waals surface area contributed by atoms with Crippen molar-refractivity contribution in [2.45, 2.75) is 12.7 Å². The van der Waals surface area contributed by atoms with E-state index >= 15 is 0 Å². The molecule has 1 aromatic heterocycles. The highest BCUT2D eigenvalue weighted by Gasteiger charge is 2.11. The highest BCUT2D eigenvalue weighted by molar-refractivity contribution is 7.99. The van der Waals surface area contributed by atoms with Gasteiger partial charge in [-0.2, -0.15) is 0 Å². The molecule has 3 rings (SSSR count). The number of rotatable bonds is 6. The van der Waals surface area contributed by atoms with Crippen molar-refractivity contribution in [1.29, 1.82) is 0 Å². The molecule has 0 aliphatic heterocycles. The van der Waals surface area contributed by atoms with Gasteiger partial charge in [-0.25, -0.2) is 4.98 Å². The van der Waals surface area contributed by atoms with E-state index in [-0.39, 0.29) is 5.91 Å². The normalized spacial score (nSPS) is 10.5. The maximum atomic E-state index is 12.1. The summed E-state index contributed by atoms with van der Waals surface area (Å²) < 4.78 is 0. The van der Waals surface area contributed by atoms with Crippen LogP contribution in [-0.4, -0.2) is 16.6 Å². The number of nitrogens with one attached hydrogen (secondary N) is 1. The molecule has 0 fully saturated rings. The summed E-state index contributed by atoms with van der Waals surface area (Å²) in [6.07, 6.45) is 0. The van der Waals surface area contributed by atoms with Gasteiger partial charge in [0.1, 0.15) is 0 Å². The number of carbonyl (C=O) groups is 1. The van der Waals surface area contributed by atoms with Gasteiger partial charge in [-0.3, -0.25) is 4.79 Å². The first-order valence-corrected chi connectivity index (χ1v) is 9.64. The fraction of sp³-hybridized carbons (Fsp3) is 0.158. The average Bonchev–Trinajstić information content (AvgIpc) is 2.97. The second-order valence-corrected chi connectivity index (χ2v) is 7.31. The topological polar surface area (TPSA) is 42.0 Å². The lowest BCUT2D eigenvalue weighted by Gasteiger charge is -2.02. The van der Waals surface area contributed by atoms with Gasteiger partial charge in [0.15, 0.2) is 5.13 Å². The molecule has 0 unspecified atom stereocenters. The van der Waals surface area contributed by atoms with Crippen molar-refractivity contribution in [2.24, 2.45) is 0 Å². The van der Waals surface area contributed by atoms with E-state index in [4.69, 9.17) is 0 Å². The predicted octanol–water partition coefficient (Wildman–Crippen LogP) is 4.99. The fourth-order valence-corrected chi connectivity index (χ4v) is 4.07. The SMILES string of the molecule is Cc1nc(NC(=O)CSCc2ccccc2)sc1-c1ccccc1. The second-order valence-electron chi connectivity index (χ2n) is 5.33. The van der Waals surface area contributed by atoms with Crippen LogP contribution in [0, 0.1) is 6.92 Å². The van der Waals surface area contributed by atoms with Crippen molar-refractivity contribution in [2.75, 3.05) is 11.1 Å². The third kappa shape index (κ3) is 4.46. The number of hydrogen-bond acceptors (Lipinski definition) is 4. The zero-order valence-corrected chi connectivity index (χ0v) is 15.0. The summed E-state index contributed by atoms with van der Waals surface area (Å²) in [5.74, 6) is 1.25. The Hall–Kier alpha value is -2.11. The van der Waals surface area contributed by atoms with Gasteiger partial charge in [0.2, 0.25) is 5.91 Å². The molecule has 0 aliphatic carbocycles. The molecular weight excluding hydrogens is 336 g/mol. The molecule has 24 heavy (non-hydrogen) atoms. The van der Waals surface area contributed by atoms with Crippen LogP contribution in [0.3, 0.4) is 0 Å². The molecular formula is C19H18N2OS2. The lowest BCUT2D eigenvalue weighted by Crippen LogP contribution is -2.13. The molecule has 0 saturated carbocycles. The Labute approximate surface area is 150 Å². The number of aryl methyl sites for hydroxylation is 1. The first-order chi connectivity index (χ1) is 11.7. The average molecular weight is 355 g/mol. The van der Waals surface area contributed by atoms with Crippen LogP contribution in [0.4, 0.5) is 5.13 Å².